The van der Waals surface area contributed by atoms with E-state index in [0.29, 0.717) is 0 Å². The number of esters is 1. The van der Waals surface area contributed by atoms with Crippen molar-refractivity contribution < 1.29 is 14.3 Å². The summed E-state index contributed by atoms with van der Waals surface area (Å²) in [5, 5.41) is 2.80. The lowest BCUT2D eigenvalue weighted by molar-refractivity contribution is -0.142. The van der Waals surface area contributed by atoms with Crippen LogP contribution in [0, 0.1) is 20.8 Å². The molecule has 2 aromatic carbocycles. The van der Waals surface area contributed by atoms with Gasteiger partial charge in [0.15, 0.2) is 6.61 Å². The number of hydrogen-bond acceptors (Lipinski definition) is 3. The Morgan fingerprint density at radius 1 is 1.12 bits per heavy atom. The number of aryl methyl sites for hydroxylation is 3. The van der Waals surface area contributed by atoms with Gasteiger partial charge in [0.2, 0.25) is 0 Å². The lowest BCUT2D eigenvalue weighted by Gasteiger charge is -2.12. The van der Waals surface area contributed by atoms with Crippen molar-refractivity contribution in [3.8, 4) is 0 Å². The Labute approximate surface area is 156 Å². The summed E-state index contributed by atoms with van der Waals surface area (Å²) in [5.74, 6) is -0.924. The first-order chi connectivity index (χ1) is 11.8. The van der Waals surface area contributed by atoms with E-state index in [1.165, 1.54) is 6.08 Å². The Morgan fingerprint density at radius 2 is 1.80 bits per heavy atom. The van der Waals surface area contributed by atoms with E-state index >= 15 is 0 Å². The number of anilines is 1. The van der Waals surface area contributed by atoms with Gasteiger partial charge in [0, 0.05) is 16.2 Å². The smallest absolute Gasteiger partial charge is 0.331 e. The molecule has 4 nitrogen and oxygen atoms in total. The van der Waals surface area contributed by atoms with Gasteiger partial charge >= 0.3 is 5.97 Å². The summed E-state index contributed by atoms with van der Waals surface area (Å²) < 4.78 is 5.90. The fourth-order valence-corrected chi connectivity index (χ4v) is 2.93. The van der Waals surface area contributed by atoms with E-state index in [1.54, 1.807) is 6.08 Å². The van der Waals surface area contributed by atoms with Crippen LogP contribution < -0.4 is 5.32 Å². The molecule has 0 unspecified atom stereocenters. The predicted octanol–water partition coefficient (Wildman–Crippen LogP) is 4.57. The van der Waals surface area contributed by atoms with Crippen molar-refractivity contribution in [3.05, 3.63) is 69.2 Å². The Balaban J connectivity index is 1.88. The monoisotopic (exact) mass is 401 g/mol. The maximum atomic E-state index is 12.0. The number of carbonyl (C=O) groups is 2. The third-order valence-electron chi connectivity index (χ3n) is 3.55. The van der Waals surface area contributed by atoms with E-state index in [4.69, 9.17) is 4.74 Å². The van der Waals surface area contributed by atoms with Gasteiger partial charge in [0.1, 0.15) is 0 Å². The van der Waals surface area contributed by atoms with Crippen molar-refractivity contribution in [1.82, 2.24) is 0 Å². The fraction of sp³-hybridized carbons (Fsp3) is 0.200. The molecule has 0 radical (unpaired) electrons. The van der Waals surface area contributed by atoms with Crippen LogP contribution in [0.25, 0.3) is 6.08 Å². The molecule has 0 saturated heterocycles. The summed E-state index contributed by atoms with van der Waals surface area (Å²) in [4.78, 5) is 23.7. The van der Waals surface area contributed by atoms with E-state index in [2.05, 4.69) is 21.2 Å². The SMILES string of the molecule is Cc1cc(C)c(NC(=O)COC(=O)/C=C/c2cccc(Br)c2)c(C)c1. The quantitative estimate of drug-likeness (QED) is 0.589. The Hall–Kier alpha value is -2.40. The normalized spacial score (nSPS) is 10.7. The molecule has 2 aromatic rings. The molecular weight excluding hydrogens is 382 g/mol. The Kier molecular flexibility index (Phi) is 6.53. The molecule has 1 N–H and O–H groups in total. The van der Waals surface area contributed by atoms with Crippen LogP contribution in [0.2, 0.25) is 0 Å². The zero-order valence-corrected chi connectivity index (χ0v) is 16.0. The Morgan fingerprint density at radius 3 is 2.44 bits per heavy atom. The number of hydrogen-bond donors (Lipinski definition) is 1. The number of benzene rings is 2. The number of amides is 1. The molecule has 2 rings (SSSR count). The van der Waals surface area contributed by atoms with Gasteiger partial charge in [-0.15, -0.1) is 0 Å². The molecule has 25 heavy (non-hydrogen) atoms. The topological polar surface area (TPSA) is 55.4 Å². The minimum Gasteiger partial charge on any atom is -0.452 e. The van der Waals surface area contributed by atoms with Crippen LogP contribution >= 0.6 is 15.9 Å². The molecule has 0 fully saturated rings. The number of ether oxygens (including phenoxy) is 1. The molecule has 0 heterocycles. The largest absolute Gasteiger partial charge is 0.452 e. The first kappa shape index (κ1) is 18.9. The van der Waals surface area contributed by atoms with Crippen LogP contribution in [0.3, 0.4) is 0 Å². The first-order valence-corrected chi connectivity index (χ1v) is 8.62. The summed E-state index contributed by atoms with van der Waals surface area (Å²) >= 11 is 3.36. The van der Waals surface area contributed by atoms with E-state index < -0.39 is 5.97 Å². The minimum atomic E-state index is -0.563. The van der Waals surface area contributed by atoms with Gasteiger partial charge in [-0.1, -0.05) is 45.8 Å². The fourth-order valence-electron chi connectivity index (χ4n) is 2.51. The van der Waals surface area contributed by atoms with Gasteiger partial charge < -0.3 is 10.1 Å². The van der Waals surface area contributed by atoms with Crippen molar-refractivity contribution in [2.24, 2.45) is 0 Å². The Bertz CT molecular complexity index is 804. The molecular formula is C20H20BrNO3. The number of rotatable bonds is 5. The van der Waals surface area contributed by atoms with Gasteiger partial charge in [-0.05, 0) is 55.7 Å². The van der Waals surface area contributed by atoms with Crippen molar-refractivity contribution in [3.63, 3.8) is 0 Å². The molecule has 0 bridgehead atoms. The average Bonchev–Trinajstić information content (AvgIpc) is 2.54. The summed E-state index contributed by atoms with van der Waals surface area (Å²) in [6.45, 7) is 5.55. The molecule has 130 valence electrons. The van der Waals surface area contributed by atoms with Gasteiger partial charge in [-0.2, -0.15) is 0 Å². The van der Waals surface area contributed by atoms with Crippen LogP contribution in [0.1, 0.15) is 22.3 Å². The van der Waals surface area contributed by atoms with Crippen molar-refractivity contribution >= 4 is 39.6 Å². The number of carbonyl (C=O) groups excluding carboxylic acids is 2. The molecule has 0 spiro atoms. The van der Waals surface area contributed by atoms with Crippen LogP contribution in [0.15, 0.2) is 46.9 Å². The highest BCUT2D eigenvalue weighted by atomic mass is 79.9. The molecule has 5 heteroatoms. The second kappa shape index (κ2) is 8.62. The third-order valence-corrected chi connectivity index (χ3v) is 4.04. The van der Waals surface area contributed by atoms with Crippen molar-refractivity contribution in [2.75, 3.05) is 11.9 Å². The third kappa shape index (κ3) is 5.87. The maximum absolute atomic E-state index is 12.0. The van der Waals surface area contributed by atoms with Gasteiger partial charge in [-0.3, -0.25) is 4.79 Å². The molecule has 0 aliphatic carbocycles. The van der Waals surface area contributed by atoms with E-state index in [9.17, 15) is 9.59 Å². The average molecular weight is 402 g/mol. The highest BCUT2D eigenvalue weighted by molar-refractivity contribution is 9.10. The minimum absolute atomic E-state index is 0.325. The van der Waals surface area contributed by atoms with Gasteiger partial charge in [-0.25, -0.2) is 4.79 Å². The zero-order valence-electron chi connectivity index (χ0n) is 14.4. The van der Waals surface area contributed by atoms with E-state index in [-0.39, 0.29) is 12.5 Å². The van der Waals surface area contributed by atoms with Crippen LogP contribution in [0.5, 0.6) is 0 Å². The van der Waals surface area contributed by atoms with E-state index in [0.717, 1.165) is 32.4 Å². The summed E-state index contributed by atoms with van der Waals surface area (Å²) in [5.41, 5.74) is 4.72. The summed E-state index contributed by atoms with van der Waals surface area (Å²) in [6, 6.07) is 11.5. The maximum Gasteiger partial charge on any atom is 0.331 e. The second-order valence-electron chi connectivity index (χ2n) is 5.82. The van der Waals surface area contributed by atoms with Crippen LogP contribution in [-0.2, 0) is 14.3 Å². The predicted molar refractivity (Wildman–Crippen MR) is 103 cm³/mol. The van der Waals surface area contributed by atoms with Crippen LogP contribution in [-0.4, -0.2) is 18.5 Å². The highest BCUT2D eigenvalue weighted by Crippen LogP contribution is 2.21. The van der Waals surface area contributed by atoms with Crippen molar-refractivity contribution in [2.45, 2.75) is 20.8 Å². The molecule has 1 amide bonds. The van der Waals surface area contributed by atoms with Crippen LogP contribution in [0.4, 0.5) is 5.69 Å². The molecule has 0 aliphatic heterocycles. The zero-order chi connectivity index (χ0) is 18.4. The second-order valence-corrected chi connectivity index (χ2v) is 6.73. The molecule has 0 aliphatic rings. The number of halogens is 1. The lowest BCUT2D eigenvalue weighted by Crippen LogP contribution is -2.21. The van der Waals surface area contributed by atoms with Gasteiger partial charge in [0.05, 0.1) is 0 Å². The molecule has 0 atom stereocenters. The molecule has 0 saturated carbocycles. The van der Waals surface area contributed by atoms with Crippen molar-refractivity contribution in [1.29, 1.82) is 0 Å². The van der Waals surface area contributed by atoms with E-state index in [1.807, 2.05) is 57.2 Å². The lowest BCUT2D eigenvalue weighted by atomic mass is 10.1. The summed E-state index contributed by atoms with van der Waals surface area (Å²) in [7, 11) is 0. The summed E-state index contributed by atoms with van der Waals surface area (Å²) in [6.07, 6.45) is 2.94. The standard InChI is InChI=1S/C20H20BrNO3/c1-13-9-14(2)20(15(3)10-13)22-18(23)12-25-19(24)8-7-16-5-4-6-17(21)11-16/h4-11H,12H2,1-3H3,(H,22,23)/b8-7+. The number of nitrogens with one attached hydrogen (secondary N) is 1. The highest BCUT2D eigenvalue weighted by Gasteiger charge is 2.10. The first-order valence-electron chi connectivity index (χ1n) is 7.83. The molecule has 0 aromatic heterocycles. The van der Waals surface area contributed by atoms with Gasteiger partial charge in [0.25, 0.3) is 5.91 Å².